The molecular formula is C23H23Cl2NO2. The van der Waals surface area contributed by atoms with E-state index in [9.17, 15) is 0 Å². The first-order chi connectivity index (χ1) is 13.5. The summed E-state index contributed by atoms with van der Waals surface area (Å²) in [6, 6.07) is 17.6. The lowest BCUT2D eigenvalue weighted by atomic mass is 10.1. The van der Waals surface area contributed by atoms with Gasteiger partial charge in [-0.15, -0.1) is 0 Å². The van der Waals surface area contributed by atoms with Gasteiger partial charge in [-0.3, -0.25) is 0 Å². The van der Waals surface area contributed by atoms with Crippen molar-refractivity contribution in [2.24, 2.45) is 0 Å². The maximum atomic E-state index is 6.49. The Bertz CT molecular complexity index is 973. The maximum Gasteiger partial charge on any atom is 0.180 e. The van der Waals surface area contributed by atoms with Gasteiger partial charge >= 0.3 is 0 Å². The van der Waals surface area contributed by atoms with E-state index in [0.717, 1.165) is 16.8 Å². The molecule has 0 spiro atoms. The van der Waals surface area contributed by atoms with Crippen molar-refractivity contribution in [3.63, 3.8) is 0 Å². The normalized spacial score (nSPS) is 10.6. The number of methoxy groups -OCH3 is 1. The first-order valence-corrected chi connectivity index (χ1v) is 9.78. The van der Waals surface area contributed by atoms with E-state index in [1.54, 1.807) is 7.11 Å². The van der Waals surface area contributed by atoms with Gasteiger partial charge in [-0.1, -0.05) is 53.5 Å². The highest BCUT2D eigenvalue weighted by atomic mass is 35.5. The summed E-state index contributed by atoms with van der Waals surface area (Å²) in [7, 11) is 1.61. The molecule has 3 aromatic carbocycles. The summed E-state index contributed by atoms with van der Waals surface area (Å²) in [6.07, 6.45) is 0. The lowest BCUT2D eigenvalue weighted by Crippen LogP contribution is -2.04. The Morgan fingerprint density at radius 2 is 1.71 bits per heavy atom. The fraction of sp³-hybridized carbons (Fsp3) is 0.217. The Labute approximate surface area is 176 Å². The summed E-state index contributed by atoms with van der Waals surface area (Å²) in [5.74, 6) is 1.11. The molecule has 1 N–H and O–H groups in total. The summed E-state index contributed by atoms with van der Waals surface area (Å²) in [5, 5.41) is 4.62. The van der Waals surface area contributed by atoms with Gasteiger partial charge < -0.3 is 14.8 Å². The van der Waals surface area contributed by atoms with Gasteiger partial charge in [0.05, 0.1) is 12.1 Å². The van der Waals surface area contributed by atoms with Crippen molar-refractivity contribution in [2.75, 3.05) is 12.4 Å². The summed E-state index contributed by atoms with van der Waals surface area (Å²) in [6.45, 7) is 5.16. The van der Waals surface area contributed by atoms with Crippen molar-refractivity contribution in [2.45, 2.75) is 27.0 Å². The Morgan fingerprint density at radius 1 is 0.929 bits per heavy atom. The minimum Gasteiger partial charge on any atom is -0.493 e. The smallest absolute Gasteiger partial charge is 0.180 e. The number of rotatable bonds is 7. The first-order valence-electron chi connectivity index (χ1n) is 9.02. The maximum absolute atomic E-state index is 6.49. The summed E-state index contributed by atoms with van der Waals surface area (Å²) >= 11 is 12.7. The minimum absolute atomic E-state index is 0.315. The molecule has 0 heterocycles. The molecule has 0 atom stereocenters. The van der Waals surface area contributed by atoms with Gasteiger partial charge in [0, 0.05) is 22.8 Å². The van der Waals surface area contributed by atoms with Gasteiger partial charge in [-0.2, -0.15) is 0 Å². The lowest BCUT2D eigenvalue weighted by molar-refractivity contribution is 0.284. The quantitative estimate of drug-likeness (QED) is 0.459. The highest BCUT2D eigenvalue weighted by Crippen LogP contribution is 2.37. The monoisotopic (exact) mass is 415 g/mol. The van der Waals surface area contributed by atoms with Gasteiger partial charge in [0.25, 0.3) is 0 Å². The predicted octanol–water partition coefficient (Wildman–Crippen LogP) is 6.81. The van der Waals surface area contributed by atoms with E-state index >= 15 is 0 Å². The van der Waals surface area contributed by atoms with Crippen molar-refractivity contribution < 1.29 is 9.47 Å². The molecule has 0 amide bonds. The van der Waals surface area contributed by atoms with Gasteiger partial charge in [-0.05, 0) is 54.8 Å². The van der Waals surface area contributed by atoms with Crippen LogP contribution in [-0.4, -0.2) is 7.11 Å². The molecule has 0 unspecified atom stereocenters. The van der Waals surface area contributed by atoms with E-state index in [1.807, 2.05) is 42.5 Å². The molecule has 0 radical (unpaired) electrons. The number of aryl methyl sites for hydroxylation is 1. The largest absolute Gasteiger partial charge is 0.493 e. The third kappa shape index (κ3) is 4.73. The number of nitrogens with one attached hydrogen (secondary N) is 1. The zero-order valence-electron chi connectivity index (χ0n) is 16.2. The van der Waals surface area contributed by atoms with Crippen LogP contribution in [0.15, 0.2) is 54.6 Å². The molecule has 0 bridgehead atoms. The molecule has 3 rings (SSSR count). The number of anilines is 1. The van der Waals surface area contributed by atoms with Crippen LogP contribution < -0.4 is 14.8 Å². The fourth-order valence-corrected chi connectivity index (χ4v) is 3.40. The van der Waals surface area contributed by atoms with Crippen molar-refractivity contribution in [1.82, 2.24) is 0 Å². The molecule has 3 aromatic rings. The van der Waals surface area contributed by atoms with Crippen LogP contribution in [-0.2, 0) is 13.2 Å². The number of hydrogen-bond acceptors (Lipinski definition) is 3. The SMILES string of the molecule is COc1cc(CNc2cccc(C)c2C)cc(Cl)c1OCc1ccccc1Cl. The fourth-order valence-electron chi connectivity index (χ4n) is 2.92. The van der Waals surface area contributed by atoms with Crippen LogP contribution in [0.2, 0.25) is 10.0 Å². The summed E-state index contributed by atoms with van der Waals surface area (Å²) in [5.41, 5.74) is 5.49. The topological polar surface area (TPSA) is 30.5 Å². The van der Waals surface area contributed by atoms with Crippen LogP contribution in [0.5, 0.6) is 11.5 Å². The van der Waals surface area contributed by atoms with Crippen LogP contribution in [0.4, 0.5) is 5.69 Å². The van der Waals surface area contributed by atoms with Gasteiger partial charge in [0.2, 0.25) is 0 Å². The third-order valence-corrected chi connectivity index (χ3v) is 5.36. The molecule has 0 saturated heterocycles. The number of ether oxygens (including phenoxy) is 2. The van der Waals surface area contributed by atoms with E-state index in [4.69, 9.17) is 32.7 Å². The van der Waals surface area contributed by atoms with Gasteiger partial charge in [0.15, 0.2) is 11.5 Å². The van der Waals surface area contributed by atoms with E-state index in [2.05, 4.69) is 31.3 Å². The van der Waals surface area contributed by atoms with Crippen molar-refractivity contribution in [3.05, 3.63) is 86.9 Å². The molecule has 146 valence electrons. The Morgan fingerprint density at radius 3 is 2.46 bits per heavy atom. The molecule has 0 aromatic heterocycles. The van der Waals surface area contributed by atoms with E-state index in [0.29, 0.717) is 34.7 Å². The zero-order valence-corrected chi connectivity index (χ0v) is 17.7. The molecule has 0 saturated carbocycles. The average molecular weight is 416 g/mol. The van der Waals surface area contributed by atoms with Crippen molar-refractivity contribution in [1.29, 1.82) is 0 Å². The predicted molar refractivity (Wildman–Crippen MR) is 117 cm³/mol. The second kappa shape index (κ2) is 9.22. The second-order valence-electron chi connectivity index (χ2n) is 6.59. The van der Waals surface area contributed by atoms with Gasteiger partial charge in [0.1, 0.15) is 6.61 Å². The van der Waals surface area contributed by atoms with E-state index in [-0.39, 0.29) is 0 Å². The minimum atomic E-state index is 0.315. The highest BCUT2D eigenvalue weighted by Gasteiger charge is 2.13. The molecule has 5 heteroatoms. The van der Waals surface area contributed by atoms with Crippen LogP contribution in [0.3, 0.4) is 0 Å². The highest BCUT2D eigenvalue weighted by molar-refractivity contribution is 6.32. The second-order valence-corrected chi connectivity index (χ2v) is 7.40. The Balaban J connectivity index is 1.75. The number of hydrogen-bond donors (Lipinski definition) is 1. The molecule has 0 aliphatic heterocycles. The molecule has 3 nitrogen and oxygen atoms in total. The summed E-state index contributed by atoms with van der Waals surface area (Å²) in [4.78, 5) is 0. The Kier molecular flexibility index (Phi) is 6.71. The van der Waals surface area contributed by atoms with Crippen molar-refractivity contribution in [3.8, 4) is 11.5 Å². The Hall–Kier alpha value is -2.36. The summed E-state index contributed by atoms with van der Waals surface area (Å²) < 4.78 is 11.4. The lowest BCUT2D eigenvalue weighted by Gasteiger charge is -2.16. The molecule has 0 fully saturated rings. The number of benzene rings is 3. The first kappa shape index (κ1) is 20.4. The molecule has 0 aliphatic rings. The van der Waals surface area contributed by atoms with Crippen molar-refractivity contribution >= 4 is 28.9 Å². The van der Waals surface area contributed by atoms with E-state index < -0.39 is 0 Å². The average Bonchev–Trinajstić information content (AvgIpc) is 2.69. The third-order valence-electron chi connectivity index (χ3n) is 4.71. The molecule has 28 heavy (non-hydrogen) atoms. The van der Waals surface area contributed by atoms with Crippen LogP contribution in [0.1, 0.15) is 22.3 Å². The van der Waals surface area contributed by atoms with Crippen LogP contribution >= 0.6 is 23.2 Å². The zero-order chi connectivity index (χ0) is 20.1. The molecular weight excluding hydrogens is 393 g/mol. The van der Waals surface area contributed by atoms with Gasteiger partial charge in [-0.25, -0.2) is 0 Å². The standard InChI is InChI=1S/C23H23Cl2NO2/c1-15-7-6-10-21(16(15)2)26-13-17-11-20(25)23(22(12-17)27-3)28-14-18-8-4-5-9-19(18)24/h4-12,26H,13-14H2,1-3H3. The molecule has 0 aliphatic carbocycles. The van der Waals surface area contributed by atoms with E-state index in [1.165, 1.54) is 11.1 Å². The van der Waals surface area contributed by atoms with Crippen LogP contribution in [0, 0.1) is 13.8 Å². The van der Waals surface area contributed by atoms with Crippen LogP contribution in [0.25, 0.3) is 0 Å². The number of halogens is 2.